The van der Waals surface area contributed by atoms with Crippen LogP contribution in [0.25, 0.3) is 0 Å². The zero-order chi connectivity index (χ0) is 28.6. The third-order valence-corrected chi connectivity index (χ3v) is 8.66. The molecule has 0 aliphatic heterocycles. The van der Waals surface area contributed by atoms with Gasteiger partial charge in [0.15, 0.2) is 0 Å². The highest BCUT2D eigenvalue weighted by atomic mass is 35.5. The molecule has 9 heteroatoms. The first-order chi connectivity index (χ1) is 18.5. The maximum atomic E-state index is 13.9. The molecule has 0 fully saturated rings. The van der Waals surface area contributed by atoms with Gasteiger partial charge in [0.1, 0.15) is 12.6 Å². The molecule has 0 aliphatic carbocycles. The molecule has 3 aromatic rings. The summed E-state index contributed by atoms with van der Waals surface area (Å²) in [7, 11) is -4.10. The van der Waals surface area contributed by atoms with Crippen LogP contribution < -0.4 is 9.62 Å². The van der Waals surface area contributed by atoms with Gasteiger partial charge in [0.2, 0.25) is 11.8 Å². The number of anilines is 1. The summed E-state index contributed by atoms with van der Waals surface area (Å²) in [5.74, 6) is -0.837. The van der Waals surface area contributed by atoms with Crippen molar-refractivity contribution in [2.24, 2.45) is 0 Å². The SMILES string of the molecule is CCCCNC(=O)C(C)N(Cc1ccccc1Cl)C(=O)CN(c1ccc(C)cc1)S(=O)(=O)c1ccc(C)cc1. The number of aryl methyl sites for hydroxylation is 2. The van der Waals surface area contributed by atoms with Crippen LogP contribution in [0.1, 0.15) is 43.4 Å². The molecule has 0 bridgehead atoms. The molecule has 7 nitrogen and oxygen atoms in total. The molecule has 2 amide bonds. The van der Waals surface area contributed by atoms with Gasteiger partial charge in [0, 0.05) is 18.1 Å². The molecule has 208 valence electrons. The van der Waals surface area contributed by atoms with Crippen molar-refractivity contribution in [2.45, 2.75) is 58.0 Å². The molecule has 0 aromatic heterocycles. The van der Waals surface area contributed by atoms with Gasteiger partial charge in [-0.2, -0.15) is 0 Å². The molecule has 0 radical (unpaired) electrons. The maximum absolute atomic E-state index is 13.9. The number of nitrogens with one attached hydrogen (secondary N) is 1. The smallest absolute Gasteiger partial charge is 0.264 e. The van der Waals surface area contributed by atoms with Gasteiger partial charge >= 0.3 is 0 Å². The lowest BCUT2D eigenvalue weighted by Gasteiger charge is -2.32. The summed E-state index contributed by atoms with van der Waals surface area (Å²) in [6.07, 6.45) is 1.73. The normalized spacial score (nSPS) is 12.0. The van der Waals surface area contributed by atoms with Gasteiger partial charge in [-0.15, -0.1) is 0 Å². The van der Waals surface area contributed by atoms with Gasteiger partial charge in [-0.3, -0.25) is 13.9 Å². The molecular weight excluding hydrogens is 534 g/mol. The van der Waals surface area contributed by atoms with Crippen molar-refractivity contribution in [3.63, 3.8) is 0 Å². The highest BCUT2D eigenvalue weighted by molar-refractivity contribution is 7.92. The quantitative estimate of drug-likeness (QED) is 0.292. The monoisotopic (exact) mass is 569 g/mol. The molecule has 1 unspecified atom stereocenters. The fraction of sp³-hybridized carbons (Fsp3) is 0.333. The van der Waals surface area contributed by atoms with E-state index >= 15 is 0 Å². The minimum atomic E-state index is -4.10. The molecule has 1 N–H and O–H groups in total. The molecule has 39 heavy (non-hydrogen) atoms. The number of halogens is 1. The average molecular weight is 570 g/mol. The van der Waals surface area contributed by atoms with Gasteiger partial charge in [0.25, 0.3) is 10.0 Å². The van der Waals surface area contributed by atoms with Crippen LogP contribution in [0, 0.1) is 13.8 Å². The van der Waals surface area contributed by atoms with Crippen LogP contribution in [0.3, 0.4) is 0 Å². The zero-order valence-electron chi connectivity index (χ0n) is 22.9. The van der Waals surface area contributed by atoms with Gasteiger partial charge in [-0.05, 0) is 63.1 Å². The van der Waals surface area contributed by atoms with Crippen LogP contribution in [0.5, 0.6) is 0 Å². The minimum absolute atomic E-state index is 0.0488. The van der Waals surface area contributed by atoms with Gasteiger partial charge in [-0.25, -0.2) is 8.42 Å². The highest BCUT2D eigenvalue weighted by Crippen LogP contribution is 2.26. The van der Waals surface area contributed by atoms with Crippen molar-refractivity contribution in [1.29, 1.82) is 0 Å². The van der Waals surface area contributed by atoms with Crippen LogP contribution in [0.15, 0.2) is 77.7 Å². The zero-order valence-corrected chi connectivity index (χ0v) is 24.4. The second-order valence-corrected chi connectivity index (χ2v) is 11.9. The van der Waals surface area contributed by atoms with Crippen molar-refractivity contribution in [1.82, 2.24) is 10.2 Å². The van der Waals surface area contributed by atoms with Gasteiger partial charge < -0.3 is 10.2 Å². The Balaban J connectivity index is 2.00. The Morgan fingerprint density at radius 3 is 2.10 bits per heavy atom. The fourth-order valence-electron chi connectivity index (χ4n) is 4.01. The Hall–Kier alpha value is -3.36. The Labute approximate surface area is 236 Å². The Bertz CT molecular complexity index is 1380. The van der Waals surface area contributed by atoms with Gasteiger partial charge in [-0.1, -0.05) is 78.5 Å². The van der Waals surface area contributed by atoms with Crippen LogP contribution in [0.4, 0.5) is 5.69 Å². The van der Waals surface area contributed by atoms with Crippen LogP contribution >= 0.6 is 11.6 Å². The molecule has 0 aliphatic rings. The van der Waals surface area contributed by atoms with E-state index < -0.39 is 28.5 Å². The first-order valence-corrected chi connectivity index (χ1v) is 14.8. The highest BCUT2D eigenvalue weighted by Gasteiger charge is 2.32. The van der Waals surface area contributed by atoms with Crippen molar-refractivity contribution in [2.75, 3.05) is 17.4 Å². The van der Waals surface area contributed by atoms with E-state index in [1.807, 2.05) is 20.8 Å². The standard InChI is InChI=1S/C30H36ClN3O4S/c1-5-6-19-32-30(36)24(4)33(20-25-9-7-8-10-28(25)31)29(35)21-34(26-15-11-22(2)12-16-26)39(37,38)27-17-13-23(3)14-18-27/h7-18,24H,5-6,19-21H2,1-4H3,(H,32,36). The summed E-state index contributed by atoms with van der Waals surface area (Å²) in [5.41, 5.74) is 2.88. The second-order valence-electron chi connectivity index (χ2n) is 9.59. The Kier molecular flexibility index (Phi) is 10.5. The number of hydrogen-bond donors (Lipinski definition) is 1. The fourth-order valence-corrected chi connectivity index (χ4v) is 5.62. The topological polar surface area (TPSA) is 86.8 Å². The minimum Gasteiger partial charge on any atom is -0.354 e. The number of carbonyl (C=O) groups is 2. The number of nitrogens with zero attached hydrogens (tertiary/aromatic N) is 2. The van der Waals surface area contributed by atoms with Crippen LogP contribution in [0.2, 0.25) is 5.02 Å². The molecule has 0 heterocycles. The van der Waals surface area contributed by atoms with E-state index in [0.717, 1.165) is 28.3 Å². The van der Waals surface area contributed by atoms with Gasteiger partial charge in [0.05, 0.1) is 10.6 Å². The largest absolute Gasteiger partial charge is 0.354 e. The average Bonchev–Trinajstić information content (AvgIpc) is 2.91. The number of benzene rings is 3. The lowest BCUT2D eigenvalue weighted by molar-refractivity contribution is -0.139. The number of unbranched alkanes of at least 4 members (excludes halogenated alkanes) is 1. The number of rotatable bonds is 12. The summed E-state index contributed by atoms with van der Waals surface area (Å²) in [5, 5.41) is 3.33. The number of hydrogen-bond acceptors (Lipinski definition) is 4. The van der Waals surface area contributed by atoms with Crippen molar-refractivity contribution < 1.29 is 18.0 Å². The summed E-state index contributed by atoms with van der Waals surface area (Å²) in [6.45, 7) is 7.49. The Morgan fingerprint density at radius 2 is 1.51 bits per heavy atom. The summed E-state index contributed by atoms with van der Waals surface area (Å²) in [4.78, 5) is 28.4. The summed E-state index contributed by atoms with van der Waals surface area (Å²) < 4.78 is 28.8. The molecule has 0 spiro atoms. The summed E-state index contributed by atoms with van der Waals surface area (Å²) in [6, 6.07) is 19.7. The lowest BCUT2D eigenvalue weighted by atomic mass is 10.1. The molecule has 3 aromatic carbocycles. The van der Waals surface area contributed by atoms with E-state index in [-0.39, 0.29) is 17.3 Å². The Morgan fingerprint density at radius 1 is 0.923 bits per heavy atom. The first-order valence-electron chi connectivity index (χ1n) is 13.0. The van der Waals surface area contributed by atoms with E-state index in [1.165, 1.54) is 17.0 Å². The number of sulfonamides is 1. The predicted molar refractivity (Wildman–Crippen MR) is 156 cm³/mol. The van der Waals surface area contributed by atoms with E-state index in [2.05, 4.69) is 5.32 Å². The number of amides is 2. The molecule has 1 atom stereocenters. The van der Waals surface area contributed by atoms with Crippen LogP contribution in [-0.4, -0.2) is 44.3 Å². The van der Waals surface area contributed by atoms with E-state index in [4.69, 9.17) is 11.6 Å². The van der Waals surface area contributed by atoms with E-state index in [0.29, 0.717) is 22.8 Å². The molecule has 3 rings (SSSR count). The van der Waals surface area contributed by atoms with E-state index in [9.17, 15) is 18.0 Å². The third kappa shape index (κ3) is 7.83. The predicted octanol–water partition coefficient (Wildman–Crippen LogP) is 5.49. The lowest BCUT2D eigenvalue weighted by Crippen LogP contribution is -2.51. The van der Waals surface area contributed by atoms with Crippen LogP contribution in [-0.2, 0) is 26.2 Å². The summed E-state index contributed by atoms with van der Waals surface area (Å²) >= 11 is 6.40. The number of carbonyl (C=O) groups excluding carboxylic acids is 2. The molecule has 0 saturated heterocycles. The van der Waals surface area contributed by atoms with Crippen molar-refractivity contribution >= 4 is 39.1 Å². The van der Waals surface area contributed by atoms with Crippen molar-refractivity contribution in [3.8, 4) is 0 Å². The molecule has 0 saturated carbocycles. The molecular formula is C30H36ClN3O4S. The van der Waals surface area contributed by atoms with Crippen molar-refractivity contribution in [3.05, 3.63) is 94.5 Å². The third-order valence-electron chi connectivity index (χ3n) is 6.51. The first kappa shape index (κ1) is 30.2. The second kappa shape index (κ2) is 13.6. The van der Waals surface area contributed by atoms with E-state index in [1.54, 1.807) is 67.6 Å². The maximum Gasteiger partial charge on any atom is 0.264 e.